The zero-order valence-electron chi connectivity index (χ0n) is 16.1. The van der Waals surface area contributed by atoms with Crippen molar-refractivity contribution >= 4 is 17.9 Å². The van der Waals surface area contributed by atoms with Crippen LogP contribution >= 0.6 is 0 Å². The summed E-state index contributed by atoms with van der Waals surface area (Å²) in [6.07, 6.45) is 1.86. The van der Waals surface area contributed by atoms with Crippen molar-refractivity contribution in [3.05, 3.63) is 35.6 Å². The molecule has 3 amide bonds. The monoisotopic (exact) mass is 377 g/mol. The Bertz CT molecular complexity index is 709. The van der Waals surface area contributed by atoms with Gasteiger partial charge >= 0.3 is 6.03 Å². The van der Waals surface area contributed by atoms with E-state index in [0.29, 0.717) is 44.9 Å². The molecule has 1 aromatic rings. The zero-order valence-corrected chi connectivity index (χ0v) is 16.1. The number of aliphatic imine (C=N–C) groups is 1. The molecule has 1 fully saturated rings. The van der Waals surface area contributed by atoms with Gasteiger partial charge in [-0.1, -0.05) is 19.1 Å². The highest BCUT2D eigenvalue weighted by Crippen LogP contribution is 2.20. The quantitative estimate of drug-likeness (QED) is 0.278. The minimum absolute atomic E-state index is 0.174. The smallest absolute Gasteiger partial charge is 0.325 e. The lowest BCUT2D eigenvalue weighted by molar-refractivity contribution is -0.130. The summed E-state index contributed by atoms with van der Waals surface area (Å²) >= 11 is 0. The van der Waals surface area contributed by atoms with Gasteiger partial charge in [0.2, 0.25) is 0 Å². The van der Waals surface area contributed by atoms with E-state index >= 15 is 0 Å². The average Bonchev–Trinajstić information content (AvgIpc) is 2.87. The van der Waals surface area contributed by atoms with Gasteiger partial charge < -0.3 is 16.0 Å². The van der Waals surface area contributed by atoms with Crippen LogP contribution in [0, 0.1) is 5.82 Å². The van der Waals surface area contributed by atoms with Gasteiger partial charge in [0.1, 0.15) is 11.4 Å². The van der Waals surface area contributed by atoms with Crippen molar-refractivity contribution in [3.8, 4) is 0 Å². The number of benzene rings is 1. The molecule has 0 radical (unpaired) electrons. The molecule has 1 aromatic carbocycles. The fourth-order valence-electron chi connectivity index (χ4n) is 2.87. The number of imide groups is 1. The van der Waals surface area contributed by atoms with Crippen LogP contribution < -0.4 is 16.0 Å². The Balaban J connectivity index is 1.69. The highest BCUT2D eigenvalue weighted by molar-refractivity contribution is 6.06. The molecule has 0 aliphatic carbocycles. The van der Waals surface area contributed by atoms with Crippen molar-refractivity contribution in [1.82, 2.24) is 20.9 Å². The van der Waals surface area contributed by atoms with Crippen LogP contribution in [0.1, 0.15) is 32.3 Å². The van der Waals surface area contributed by atoms with Gasteiger partial charge in [0, 0.05) is 26.7 Å². The van der Waals surface area contributed by atoms with E-state index in [4.69, 9.17) is 0 Å². The Labute approximate surface area is 159 Å². The first-order valence-corrected chi connectivity index (χ1v) is 9.22. The summed E-state index contributed by atoms with van der Waals surface area (Å²) < 4.78 is 13.2. The molecule has 2 rings (SSSR count). The maximum Gasteiger partial charge on any atom is 0.325 e. The predicted molar refractivity (Wildman–Crippen MR) is 103 cm³/mol. The second kappa shape index (κ2) is 9.34. The maximum absolute atomic E-state index is 13.2. The second-order valence-corrected chi connectivity index (χ2v) is 6.73. The van der Waals surface area contributed by atoms with E-state index in [1.165, 1.54) is 17.0 Å². The van der Waals surface area contributed by atoms with Crippen molar-refractivity contribution in [1.29, 1.82) is 0 Å². The number of guanidine groups is 1. The van der Waals surface area contributed by atoms with E-state index in [2.05, 4.69) is 20.9 Å². The van der Waals surface area contributed by atoms with Crippen LogP contribution in [0.25, 0.3) is 0 Å². The lowest BCUT2D eigenvalue weighted by Crippen LogP contribution is -2.43. The van der Waals surface area contributed by atoms with Gasteiger partial charge in [-0.15, -0.1) is 0 Å². The number of nitrogens with zero attached hydrogens (tertiary/aromatic N) is 2. The third kappa shape index (κ3) is 5.42. The molecule has 0 saturated carbocycles. The van der Waals surface area contributed by atoms with E-state index < -0.39 is 5.54 Å². The molecule has 7 nitrogen and oxygen atoms in total. The van der Waals surface area contributed by atoms with Crippen LogP contribution in [-0.4, -0.2) is 55.0 Å². The average molecular weight is 377 g/mol. The number of amides is 3. The van der Waals surface area contributed by atoms with Crippen LogP contribution in [0.15, 0.2) is 29.3 Å². The summed E-state index contributed by atoms with van der Waals surface area (Å²) in [6, 6.07) is 6.17. The molecule has 0 bridgehead atoms. The minimum atomic E-state index is -0.793. The van der Waals surface area contributed by atoms with Crippen molar-refractivity contribution in [2.75, 3.05) is 26.7 Å². The summed E-state index contributed by atoms with van der Waals surface area (Å²) in [6.45, 7) is 5.16. The first kappa shape index (κ1) is 20.7. The third-order valence-electron chi connectivity index (χ3n) is 4.72. The molecule has 148 valence electrons. The van der Waals surface area contributed by atoms with Gasteiger partial charge in [0.05, 0.1) is 0 Å². The molecule has 8 heteroatoms. The SMILES string of the molecule is CCC1(C)NC(=O)N(CCCNC(=NC)NCCc2cccc(F)c2)C1=O. The first-order valence-electron chi connectivity index (χ1n) is 9.22. The number of carbonyl (C=O) groups excluding carboxylic acids is 2. The number of halogens is 1. The third-order valence-corrected chi connectivity index (χ3v) is 4.72. The van der Waals surface area contributed by atoms with Gasteiger partial charge in [-0.2, -0.15) is 0 Å². The molecule has 1 aliphatic heterocycles. The Morgan fingerprint density at radius 1 is 1.30 bits per heavy atom. The summed E-state index contributed by atoms with van der Waals surface area (Å²) in [5.41, 5.74) is 0.120. The molecule has 27 heavy (non-hydrogen) atoms. The van der Waals surface area contributed by atoms with Crippen LogP contribution in [-0.2, 0) is 11.2 Å². The summed E-state index contributed by atoms with van der Waals surface area (Å²) in [5.74, 6) is 0.212. The predicted octanol–water partition coefficient (Wildman–Crippen LogP) is 1.64. The van der Waals surface area contributed by atoms with Crippen LogP contribution in [0.4, 0.5) is 9.18 Å². The molecule has 1 aliphatic rings. The standard InChI is InChI=1S/C19H28FN5O2/c1-4-19(2)16(26)25(18(27)24-19)12-6-10-22-17(21-3)23-11-9-14-7-5-8-15(20)13-14/h5,7-8,13H,4,6,9-12H2,1-3H3,(H,24,27)(H2,21,22,23). The topological polar surface area (TPSA) is 85.8 Å². The Kier molecular flexibility index (Phi) is 7.15. The molecule has 1 atom stereocenters. The molecule has 3 N–H and O–H groups in total. The van der Waals surface area contributed by atoms with Crippen molar-refractivity contribution in [3.63, 3.8) is 0 Å². The fourth-order valence-corrected chi connectivity index (χ4v) is 2.87. The molecular formula is C19H28FN5O2. The maximum atomic E-state index is 13.2. The summed E-state index contributed by atoms with van der Waals surface area (Å²) in [4.78, 5) is 29.7. The molecule has 0 aromatic heterocycles. The van der Waals surface area contributed by atoms with Crippen molar-refractivity contribution in [2.45, 2.75) is 38.6 Å². The number of hydrogen-bond acceptors (Lipinski definition) is 3. The number of urea groups is 1. The zero-order chi connectivity index (χ0) is 19.9. The van der Waals surface area contributed by atoms with Crippen LogP contribution in [0.3, 0.4) is 0 Å². The molecule has 1 saturated heterocycles. The summed E-state index contributed by atoms with van der Waals surface area (Å²) in [7, 11) is 1.67. The van der Waals surface area contributed by atoms with Gasteiger partial charge in [0.15, 0.2) is 5.96 Å². The van der Waals surface area contributed by atoms with Crippen LogP contribution in [0.2, 0.25) is 0 Å². The van der Waals surface area contributed by atoms with Gasteiger partial charge in [-0.05, 0) is 43.9 Å². The molecule has 1 unspecified atom stereocenters. The summed E-state index contributed by atoms with van der Waals surface area (Å²) in [5, 5.41) is 9.06. The number of nitrogens with one attached hydrogen (secondary N) is 3. The van der Waals surface area contributed by atoms with Gasteiger partial charge in [0.25, 0.3) is 5.91 Å². The Hall–Kier alpha value is -2.64. The minimum Gasteiger partial charge on any atom is -0.356 e. The highest BCUT2D eigenvalue weighted by atomic mass is 19.1. The van der Waals surface area contributed by atoms with Gasteiger partial charge in [-0.3, -0.25) is 14.7 Å². The number of hydrogen-bond donors (Lipinski definition) is 3. The fraction of sp³-hybridized carbons (Fsp3) is 0.526. The number of carbonyl (C=O) groups is 2. The van der Waals surface area contributed by atoms with E-state index in [0.717, 1.165) is 5.56 Å². The largest absolute Gasteiger partial charge is 0.356 e. The molecule has 1 heterocycles. The van der Waals surface area contributed by atoms with E-state index in [9.17, 15) is 14.0 Å². The Morgan fingerprint density at radius 2 is 2.04 bits per heavy atom. The van der Waals surface area contributed by atoms with Crippen molar-refractivity contribution < 1.29 is 14.0 Å². The van der Waals surface area contributed by atoms with Gasteiger partial charge in [-0.25, -0.2) is 9.18 Å². The van der Waals surface area contributed by atoms with Crippen LogP contribution in [0.5, 0.6) is 0 Å². The lowest BCUT2D eigenvalue weighted by Gasteiger charge is -2.19. The number of rotatable bonds is 8. The second-order valence-electron chi connectivity index (χ2n) is 6.73. The highest BCUT2D eigenvalue weighted by Gasteiger charge is 2.45. The van der Waals surface area contributed by atoms with E-state index in [-0.39, 0.29) is 17.8 Å². The molecule has 0 spiro atoms. The molecular weight excluding hydrogens is 349 g/mol. The van der Waals surface area contributed by atoms with Crippen molar-refractivity contribution in [2.24, 2.45) is 4.99 Å². The lowest BCUT2D eigenvalue weighted by atomic mass is 9.99. The normalized spacial score (nSPS) is 20.0. The van der Waals surface area contributed by atoms with E-state index in [1.807, 2.05) is 13.0 Å². The van der Waals surface area contributed by atoms with E-state index in [1.54, 1.807) is 20.0 Å². The first-order chi connectivity index (χ1) is 12.9. The Morgan fingerprint density at radius 3 is 2.67 bits per heavy atom.